The van der Waals surface area contributed by atoms with Gasteiger partial charge in [0.15, 0.2) is 0 Å². The zero-order valence-corrected chi connectivity index (χ0v) is 25.0. The number of carbonyl (C=O) groups is 6. The Hall–Kier alpha value is -3.56. The van der Waals surface area contributed by atoms with Gasteiger partial charge in [0, 0.05) is 36.1 Å². The third-order valence-electron chi connectivity index (χ3n) is 4.26. The first-order valence-electron chi connectivity index (χ1n) is 12.0. The van der Waals surface area contributed by atoms with Gasteiger partial charge in [-0.1, -0.05) is 13.2 Å². The zero-order chi connectivity index (χ0) is 33.1. The van der Waals surface area contributed by atoms with Crippen LogP contribution in [0.5, 0.6) is 0 Å². The van der Waals surface area contributed by atoms with Crippen LogP contribution in [0.25, 0.3) is 0 Å². The van der Waals surface area contributed by atoms with E-state index < -0.39 is 91.0 Å². The van der Waals surface area contributed by atoms with Crippen molar-refractivity contribution >= 4 is 52.1 Å². The smallest absolute Gasteiger partial charge is 0.462 e. The Bertz CT molecular complexity index is 1100. The van der Waals surface area contributed by atoms with Crippen molar-refractivity contribution in [1.82, 2.24) is 0 Å². The van der Waals surface area contributed by atoms with Gasteiger partial charge >= 0.3 is 39.5 Å². The maximum absolute atomic E-state index is 12.6. The second-order valence-electron chi connectivity index (χ2n) is 8.13. The maximum Gasteiger partial charge on any atom is 0.481 e. The normalized spacial score (nSPS) is 15.3. The number of ether oxygens (including phenoxy) is 4. The third kappa shape index (κ3) is 20.1. The van der Waals surface area contributed by atoms with Crippen molar-refractivity contribution in [2.75, 3.05) is 26.4 Å². The quantitative estimate of drug-likeness (QED) is 0.0553. The van der Waals surface area contributed by atoms with Crippen LogP contribution in [0.2, 0.25) is 0 Å². The third-order valence-corrected chi connectivity index (χ3v) is 7.04. The average Bonchev–Trinajstić information content (AvgIpc) is 2.90. The molecule has 0 aromatic rings. The fourth-order valence-corrected chi connectivity index (χ4v) is 4.81. The van der Waals surface area contributed by atoms with E-state index in [1.54, 1.807) is 0 Å². The van der Waals surface area contributed by atoms with E-state index in [1.165, 1.54) is 13.8 Å². The lowest BCUT2D eigenvalue weighted by atomic mass is 10.3. The number of esters is 4. The zero-order valence-electron chi connectivity index (χ0n) is 23.2. The number of hydrogen-bond acceptors (Lipinski definition) is 15. The highest BCUT2D eigenvalue weighted by Gasteiger charge is 2.39. The molecule has 4 atom stereocenters. The Labute approximate surface area is 246 Å². The standard InChI is InChI=1S/C24H32O17P2/c1-17(2)23(29)35-13-9-19(15-37-21(27)7-5-11-25)39-42(31,32)41-43(33,34)40-20(10-14-36-24(30)18(3)4)16-38-22(28)8-6-12-26/h5-8,11-12,19-20H,1,3,9-10,13-16H2,2,4H3,(H,31,32)(H,33,34)/b7-5-,8-6-. The summed E-state index contributed by atoms with van der Waals surface area (Å²) in [5, 5.41) is 0. The Kier molecular flexibility index (Phi) is 18.7. The largest absolute Gasteiger partial charge is 0.481 e. The highest BCUT2D eigenvalue weighted by atomic mass is 31.3. The summed E-state index contributed by atoms with van der Waals surface area (Å²) in [5.41, 5.74) is 0.0682. The van der Waals surface area contributed by atoms with Crippen LogP contribution in [0.3, 0.4) is 0 Å². The first kappa shape index (κ1) is 39.4. The maximum atomic E-state index is 12.6. The molecule has 0 aromatic carbocycles. The lowest BCUT2D eigenvalue weighted by Crippen LogP contribution is -2.25. The minimum Gasteiger partial charge on any atom is -0.462 e. The molecular formula is C24H32O17P2. The van der Waals surface area contributed by atoms with E-state index in [0.29, 0.717) is 0 Å². The molecule has 4 unspecified atom stereocenters. The lowest BCUT2D eigenvalue weighted by Gasteiger charge is -2.24. The molecule has 0 bridgehead atoms. The van der Waals surface area contributed by atoms with Gasteiger partial charge in [-0.15, -0.1) is 0 Å². The summed E-state index contributed by atoms with van der Waals surface area (Å²) in [6.45, 7) is 7.03. The van der Waals surface area contributed by atoms with Crippen LogP contribution in [-0.4, -0.2) is 84.9 Å². The molecule has 0 radical (unpaired) electrons. The molecule has 0 aromatic heterocycles. The molecule has 240 valence electrons. The number of carbonyl (C=O) groups excluding carboxylic acids is 6. The van der Waals surface area contributed by atoms with Crippen molar-refractivity contribution in [3.05, 3.63) is 48.6 Å². The van der Waals surface area contributed by atoms with Crippen LogP contribution in [0.4, 0.5) is 0 Å². The van der Waals surface area contributed by atoms with Crippen molar-refractivity contribution in [3.8, 4) is 0 Å². The number of phosphoric ester groups is 2. The van der Waals surface area contributed by atoms with Gasteiger partial charge in [-0.05, 0) is 26.0 Å². The number of aldehydes is 2. The van der Waals surface area contributed by atoms with E-state index in [-0.39, 0.29) is 23.7 Å². The molecule has 0 saturated carbocycles. The van der Waals surface area contributed by atoms with Gasteiger partial charge in [-0.2, -0.15) is 4.31 Å². The minimum atomic E-state index is -5.51. The average molecular weight is 654 g/mol. The van der Waals surface area contributed by atoms with Crippen LogP contribution in [0, 0.1) is 0 Å². The molecule has 0 aliphatic carbocycles. The summed E-state index contributed by atoms with van der Waals surface area (Å²) < 4.78 is 58.3. The van der Waals surface area contributed by atoms with Crippen LogP contribution < -0.4 is 0 Å². The Morgan fingerprint density at radius 2 is 1.05 bits per heavy atom. The molecule has 43 heavy (non-hydrogen) atoms. The fraction of sp³-hybridized carbons (Fsp3) is 0.417. The van der Waals surface area contributed by atoms with Crippen molar-refractivity contribution in [1.29, 1.82) is 0 Å². The van der Waals surface area contributed by atoms with Gasteiger partial charge in [-0.3, -0.25) is 18.6 Å². The van der Waals surface area contributed by atoms with Gasteiger partial charge in [0.05, 0.1) is 13.2 Å². The van der Waals surface area contributed by atoms with Gasteiger partial charge in [0.2, 0.25) is 0 Å². The van der Waals surface area contributed by atoms with Crippen LogP contribution in [-0.2, 0) is 70.2 Å². The van der Waals surface area contributed by atoms with E-state index in [9.17, 15) is 47.7 Å². The first-order chi connectivity index (χ1) is 20.0. The predicted octanol–water partition coefficient (Wildman–Crippen LogP) is 1.59. The first-order valence-corrected chi connectivity index (χ1v) is 15.0. The molecule has 19 heteroatoms. The Balaban J connectivity index is 5.58. The molecular weight excluding hydrogens is 622 g/mol. The van der Waals surface area contributed by atoms with Gasteiger partial charge in [0.1, 0.15) is 38.0 Å². The Morgan fingerprint density at radius 1 is 0.698 bits per heavy atom. The van der Waals surface area contributed by atoms with Crippen molar-refractivity contribution in [2.24, 2.45) is 0 Å². The molecule has 0 aliphatic rings. The predicted molar refractivity (Wildman–Crippen MR) is 144 cm³/mol. The van der Waals surface area contributed by atoms with E-state index in [0.717, 1.165) is 24.3 Å². The molecule has 0 heterocycles. The van der Waals surface area contributed by atoms with E-state index in [2.05, 4.69) is 17.5 Å². The molecule has 17 nitrogen and oxygen atoms in total. The van der Waals surface area contributed by atoms with Crippen molar-refractivity contribution in [3.63, 3.8) is 0 Å². The molecule has 0 spiro atoms. The lowest BCUT2D eigenvalue weighted by molar-refractivity contribution is -0.143. The summed E-state index contributed by atoms with van der Waals surface area (Å²) in [7, 11) is -11.0. The van der Waals surface area contributed by atoms with Crippen molar-refractivity contribution < 1.29 is 80.0 Å². The number of rotatable bonds is 22. The topological polar surface area (TPSA) is 242 Å². The number of phosphoric acid groups is 2. The van der Waals surface area contributed by atoms with Gasteiger partial charge in [0.25, 0.3) is 0 Å². The fourth-order valence-electron chi connectivity index (χ4n) is 2.37. The minimum absolute atomic E-state index is 0.0341. The van der Waals surface area contributed by atoms with E-state index in [1.807, 2.05) is 0 Å². The molecule has 0 saturated heterocycles. The van der Waals surface area contributed by atoms with Gasteiger partial charge < -0.3 is 28.7 Å². The summed E-state index contributed by atoms with van der Waals surface area (Å²) >= 11 is 0. The Morgan fingerprint density at radius 3 is 1.35 bits per heavy atom. The highest BCUT2D eigenvalue weighted by molar-refractivity contribution is 7.61. The second-order valence-corrected chi connectivity index (χ2v) is 11.1. The monoisotopic (exact) mass is 654 g/mol. The summed E-state index contributed by atoms with van der Waals surface area (Å²) in [4.78, 5) is 87.4. The van der Waals surface area contributed by atoms with Gasteiger partial charge in [-0.25, -0.2) is 28.3 Å². The van der Waals surface area contributed by atoms with Crippen LogP contribution in [0.1, 0.15) is 26.7 Å². The summed E-state index contributed by atoms with van der Waals surface area (Å²) in [5.74, 6) is -3.75. The SMILES string of the molecule is C=C(C)C(=O)OCCC(COC(=O)/C=C\C=O)OP(=O)(O)OP(=O)(O)OC(CCOC(=O)C(=C)C)COC(=O)/C=C\C=O. The summed E-state index contributed by atoms with van der Waals surface area (Å²) in [6, 6.07) is 0. The van der Waals surface area contributed by atoms with E-state index in [4.69, 9.17) is 28.0 Å². The number of allylic oxidation sites excluding steroid dienone is 2. The van der Waals surface area contributed by atoms with Crippen molar-refractivity contribution in [2.45, 2.75) is 38.9 Å². The molecule has 0 fully saturated rings. The molecule has 0 amide bonds. The molecule has 2 N–H and O–H groups in total. The molecule has 0 aliphatic heterocycles. The second kappa shape index (κ2) is 20.4. The number of hydrogen-bond donors (Lipinski definition) is 2. The highest BCUT2D eigenvalue weighted by Crippen LogP contribution is 2.61. The summed E-state index contributed by atoms with van der Waals surface area (Å²) in [6.07, 6.45) is -0.296. The molecule has 0 rings (SSSR count). The van der Waals surface area contributed by atoms with Crippen LogP contribution >= 0.6 is 15.6 Å². The van der Waals surface area contributed by atoms with E-state index >= 15 is 0 Å². The van der Waals surface area contributed by atoms with Crippen LogP contribution in [0.15, 0.2) is 48.6 Å².